The summed E-state index contributed by atoms with van der Waals surface area (Å²) in [6, 6.07) is 0.497. The molecule has 1 rings (SSSR count). The molecule has 1 aromatic heterocycles. The topological polar surface area (TPSA) is 55.6 Å². The van der Waals surface area contributed by atoms with Gasteiger partial charge in [-0.1, -0.05) is 25.6 Å². The molecular formula is C8H17N5S. The van der Waals surface area contributed by atoms with Gasteiger partial charge in [0.15, 0.2) is 0 Å². The summed E-state index contributed by atoms with van der Waals surface area (Å²) in [5.41, 5.74) is 0. The normalized spacial score (nSPS) is 15.4. The minimum Gasteiger partial charge on any atom is -0.316 e. The van der Waals surface area contributed by atoms with Gasteiger partial charge in [0.2, 0.25) is 5.16 Å². The van der Waals surface area contributed by atoms with Crippen molar-refractivity contribution in [2.24, 2.45) is 7.05 Å². The maximum absolute atomic E-state index is 3.94. The Kier molecular flexibility index (Phi) is 4.34. The highest BCUT2D eigenvalue weighted by atomic mass is 32.2. The Labute approximate surface area is 88.6 Å². The van der Waals surface area contributed by atoms with E-state index in [2.05, 4.69) is 34.7 Å². The molecule has 0 amide bonds. The van der Waals surface area contributed by atoms with Crippen LogP contribution in [0.4, 0.5) is 0 Å². The Morgan fingerprint density at radius 3 is 2.71 bits per heavy atom. The smallest absolute Gasteiger partial charge is 0.209 e. The third-order valence-corrected chi connectivity index (χ3v) is 3.51. The highest BCUT2D eigenvalue weighted by molar-refractivity contribution is 7.99. The monoisotopic (exact) mass is 215 g/mol. The summed E-state index contributed by atoms with van der Waals surface area (Å²) in [6.45, 7) is 4.36. The number of nitrogens with one attached hydrogen (secondary N) is 1. The van der Waals surface area contributed by atoms with Crippen molar-refractivity contribution in [1.82, 2.24) is 25.5 Å². The Bertz CT molecular complexity index is 270. The average Bonchev–Trinajstić information content (AvgIpc) is 2.54. The van der Waals surface area contributed by atoms with E-state index in [9.17, 15) is 0 Å². The van der Waals surface area contributed by atoms with Crippen LogP contribution < -0.4 is 5.32 Å². The lowest BCUT2D eigenvalue weighted by atomic mass is 10.2. The van der Waals surface area contributed by atoms with Crippen LogP contribution in [-0.2, 0) is 7.05 Å². The number of nitrogens with zero attached hydrogens (tertiary/aromatic N) is 4. The summed E-state index contributed by atoms with van der Waals surface area (Å²) >= 11 is 1.70. The van der Waals surface area contributed by atoms with Crippen LogP contribution in [0.25, 0.3) is 0 Å². The van der Waals surface area contributed by atoms with Crippen LogP contribution in [0.5, 0.6) is 0 Å². The minimum absolute atomic E-state index is 0.467. The molecule has 0 aliphatic rings. The van der Waals surface area contributed by atoms with Crippen molar-refractivity contribution in [3.05, 3.63) is 0 Å². The van der Waals surface area contributed by atoms with Crippen LogP contribution >= 0.6 is 11.8 Å². The van der Waals surface area contributed by atoms with Crippen LogP contribution in [-0.4, -0.2) is 38.5 Å². The van der Waals surface area contributed by atoms with Gasteiger partial charge in [-0.3, -0.25) is 0 Å². The lowest BCUT2D eigenvalue weighted by Gasteiger charge is -2.20. The Morgan fingerprint density at radius 1 is 1.57 bits per heavy atom. The van der Waals surface area contributed by atoms with E-state index in [0.717, 1.165) is 11.6 Å². The quantitative estimate of drug-likeness (QED) is 0.732. The molecule has 0 saturated heterocycles. The Hall–Kier alpha value is -0.620. The Morgan fingerprint density at radius 2 is 2.29 bits per heavy atom. The molecule has 80 valence electrons. The molecule has 0 aliphatic carbocycles. The number of aromatic nitrogens is 4. The highest BCUT2D eigenvalue weighted by Crippen LogP contribution is 2.22. The second-order valence-corrected chi connectivity index (χ2v) is 4.56. The zero-order valence-corrected chi connectivity index (χ0v) is 9.88. The molecule has 0 saturated carbocycles. The van der Waals surface area contributed by atoms with E-state index in [0.29, 0.717) is 11.3 Å². The molecular weight excluding hydrogens is 198 g/mol. The third-order valence-electron chi connectivity index (χ3n) is 2.25. The molecule has 0 fully saturated rings. The van der Waals surface area contributed by atoms with E-state index in [1.54, 1.807) is 16.4 Å². The van der Waals surface area contributed by atoms with Gasteiger partial charge in [-0.15, -0.1) is 5.10 Å². The number of aryl methyl sites for hydroxylation is 1. The average molecular weight is 215 g/mol. The first kappa shape index (κ1) is 11.5. The summed E-state index contributed by atoms with van der Waals surface area (Å²) in [5, 5.41) is 16.0. The summed E-state index contributed by atoms with van der Waals surface area (Å²) in [6.07, 6.45) is 1.11. The highest BCUT2D eigenvalue weighted by Gasteiger charge is 2.17. The van der Waals surface area contributed by atoms with Gasteiger partial charge in [-0.05, 0) is 23.9 Å². The fraction of sp³-hybridized carbons (Fsp3) is 0.875. The summed E-state index contributed by atoms with van der Waals surface area (Å²) < 4.78 is 1.70. The minimum atomic E-state index is 0.467. The van der Waals surface area contributed by atoms with Crippen molar-refractivity contribution in [2.75, 3.05) is 7.05 Å². The second kappa shape index (κ2) is 5.31. The van der Waals surface area contributed by atoms with Crippen LogP contribution in [0.2, 0.25) is 0 Å². The first-order valence-corrected chi connectivity index (χ1v) is 5.63. The van der Waals surface area contributed by atoms with Gasteiger partial charge in [0.25, 0.3) is 0 Å². The van der Waals surface area contributed by atoms with Crippen molar-refractivity contribution < 1.29 is 0 Å². The van der Waals surface area contributed by atoms with Gasteiger partial charge in [-0.25, -0.2) is 4.68 Å². The Balaban J connectivity index is 2.56. The largest absolute Gasteiger partial charge is 0.316 e. The van der Waals surface area contributed by atoms with Crippen LogP contribution in [0.3, 0.4) is 0 Å². The van der Waals surface area contributed by atoms with Crippen molar-refractivity contribution >= 4 is 11.8 Å². The fourth-order valence-corrected chi connectivity index (χ4v) is 2.44. The standard InChI is InChI=1S/C8H17N5S/c1-5-7(9-3)6(2)14-8-10-11-12-13(8)4/h6-7,9H,5H2,1-4H3. The molecule has 1 heterocycles. The van der Waals surface area contributed by atoms with Crippen molar-refractivity contribution in [1.29, 1.82) is 0 Å². The van der Waals surface area contributed by atoms with E-state index in [4.69, 9.17) is 0 Å². The third kappa shape index (κ3) is 2.68. The SMILES string of the molecule is CCC(NC)C(C)Sc1nnnn1C. The molecule has 0 aliphatic heterocycles. The molecule has 0 aromatic carbocycles. The fourth-order valence-electron chi connectivity index (χ4n) is 1.34. The molecule has 0 radical (unpaired) electrons. The maximum atomic E-state index is 3.94. The van der Waals surface area contributed by atoms with Gasteiger partial charge in [0.05, 0.1) is 0 Å². The second-order valence-electron chi connectivity index (χ2n) is 3.21. The van der Waals surface area contributed by atoms with Crippen LogP contribution in [0.1, 0.15) is 20.3 Å². The van der Waals surface area contributed by atoms with Gasteiger partial charge in [0, 0.05) is 18.3 Å². The molecule has 2 atom stereocenters. The molecule has 0 bridgehead atoms. The lowest BCUT2D eigenvalue weighted by Crippen LogP contribution is -2.33. The van der Waals surface area contributed by atoms with Crippen LogP contribution in [0.15, 0.2) is 5.16 Å². The first-order chi connectivity index (χ1) is 6.69. The van der Waals surface area contributed by atoms with Gasteiger partial charge in [-0.2, -0.15) is 0 Å². The summed E-state index contributed by atoms with van der Waals surface area (Å²) in [7, 11) is 3.84. The molecule has 1 N–H and O–H groups in total. The first-order valence-electron chi connectivity index (χ1n) is 4.75. The number of rotatable bonds is 5. The number of tetrazole rings is 1. The molecule has 1 aromatic rings. The summed E-state index contributed by atoms with van der Waals surface area (Å²) in [4.78, 5) is 0. The predicted molar refractivity (Wildman–Crippen MR) is 57.3 cm³/mol. The zero-order chi connectivity index (χ0) is 10.6. The molecule has 5 nitrogen and oxygen atoms in total. The summed E-state index contributed by atoms with van der Waals surface area (Å²) in [5.74, 6) is 0. The molecule has 6 heteroatoms. The van der Waals surface area contributed by atoms with Gasteiger partial charge >= 0.3 is 0 Å². The van der Waals surface area contributed by atoms with E-state index in [1.165, 1.54) is 0 Å². The van der Waals surface area contributed by atoms with Crippen molar-refractivity contribution in [3.8, 4) is 0 Å². The van der Waals surface area contributed by atoms with Gasteiger partial charge in [0.1, 0.15) is 0 Å². The van der Waals surface area contributed by atoms with E-state index in [-0.39, 0.29) is 0 Å². The zero-order valence-electron chi connectivity index (χ0n) is 9.06. The van der Waals surface area contributed by atoms with E-state index >= 15 is 0 Å². The predicted octanol–water partition coefficient (Wildman–Crippen LogP) is 0.689. The lowest BCUT2D eigenvalue weighted by molar-refractivity contribution is 0.539. The van der Waals surface area contributed by atoms with Crippen LogP contribution in [0, 0.1) is 0 Å². The molecule has 0 spiro atoms. The van der Waals surface area contributed by atoms with Crippen molar-refractivity contribution in [3.63, 3.8) is 0 Å². The number of hydrogen-bond acceptors (Lipinski definition) is 5. The number of hydrogen-bond donors (Lipinski definition) is 1. The van der Waals surface area contributed by atoms with Gasteiger partial charge < -0.3 is 5.32 Å². The molecule has 14 heavy (non-hydrogen) atoms. The van der Waals surface area contributed by atoms with E-state index < -0.39 is 0 Å². The van der Waals surface area contributed by atoms with E-state index in [1.807, 2.05) is 14.1 Å². The number of thioether (sulfide) groups is 1. The maximum Gasteiger partial charge on any atom is 0.209 e. The van der Waals surface area contributed by atoms with Crippen molar-refractivity contribution in [2.45, 2.75) is 36.7 Å². The molecule has 2 unspecified atom stereocenters.